The van der Waals surface area contributed by atoms with Crippen LogP contribution in [0.3, 0.4) is 0 Å². The number of aliphatic carboxylic acids is 1. The molecule has 0 spiro atoms. The molecule has 1 unspecified atom stereocenters. The molecule has 0 aromatic heterocycles. The second kappa shape index (κ2) is 9.56. The summed E-state index contributed by atoms with van der Waals surface area (Å²) in [4.78, 5) is 23.2. The number of carbonyl (C=O) groups excluding carboxylic acids is 1. The Hall–Kier alpha value is -3.09. The third-order valence-electron chi connectivity index (χ3n) is 3.75. The number of carboxylic acids is 1. The first kappa shape index (κ1) is 20.2. The zero-order chi connectivity index (χ0) is 19.8. The van der Waals surface area contributed by atoms with Crippen LogP contribution in [0.15, 0.2) is 48.5 Å². The second-order valence-electron chi connectivity index (χ2n) is 6.22. The van der Waals surface area contributed by atoms with Crippen molar-refractivity contribution in [1.29, 1.82) is 0 Å². The van der Waals surface area contributed by atoms with Crippen LogP contribution in [0.4, 0.5) is 4.39 Å². The molecule has 0 fully saturated rings. The normalized spacial score (nSPS) is 11.7. The summed E-state index contributed by atoms with van der Waals surface area (Å²) in [6, 6.07) is 12.4. The highest BCUT2D eigenvalue weighted by molar-refractivity contribution is 5.79. The van der Waals surface area contributed by atoms with Crippen LogP contribution in [0.25, 0.3) is 0 Å². The van der Waals surface area contributed by atoms with Gasteiger partial charge in [0, 0.05) is 0 Å². The summed E-state index contributed by atoms with van der Waals surface area (Å²) in [5, 5.41) is 11.7. The van der Waals surface area contributed by atoms with E-state index >= 15 is 0 Å². The SMILES string of the molecule is CC(C)c1cccc(OCC(=O)NCC(Oc2ccc(F)cc2)C(=O)O)c1. The van der Waals surface area contributed by atoms with Gasteiger partial charge in [0.2, 0.25) is 6.10 Å². The van der Waals surface area contributed by atoms with E-state index in [0.29, 0.717) is 11.7 Å². The minimum absolute atomic E-state index is 0.194. The number of ether oxygens (including phenoxy) is 2. The van der Waals surface area contributed by atoms with Gasteiger partial charge in [-0.1, -0.05) is 26.0 Å². The Bertz CT molecular complexity index is 776. The fourth-order valence-electron chi connectivity index (χ4n) is 2.23. The zero-order valence-corrected chi connectivity index (χ0v) is 15.1. The molecule has 0 saturated carbocycles. The van der Waals surface area contributed by atoms with Crippen molar-refractivity contribution in [2.75, 3.05) is 13.2 Å². The summed E-state index contributed by atoms with van der Waals surface area (Å²) in [6.45, 7) is 3.61. The Labute approximate surface area is 156 Å². The Balaban J connectivity index is 1.84. The lowest BCUT2D eigenvalue weighted by atomic mass is 10.0. The number of halogens is 1. The number of hydrogen-bond donors (Lipinski definition) is 2. The average molecular weight is 375 g/mol. The van der Waals surface area contributed by atoms with Crippen LogP contribution in [0.5, 0.6) is 11.5 Å². The maximum absolute atomic E-state index is 12.9. The molecular formula is C20H22FNO5. The first-order valence-corrected chi connectivity index (χ1v) is 8.49. The average Bonchev–Trinajstić information content (AvgIpc) is 2.65. The third kappa shape index (κ3) is 6.62. The van der Waals surface area contributed by atoms with Gasteiger partial charge in [-0.3, -0.25) is 4.79 Å². The summed E-state index contributed by atoms with van der Waals surface area (Å²) in [7, 11) is 0. The van der Waals surface area contributed by atoms with Gasteiger partial charge >= 0.3 is 5.97 Å². The van der Waals surface area contributed by atoms with Crippen molar-refractivity contribution in [3.05, 3.63) is 59.9 Å². The number of hydrogen-bond acceptors (Lipinski definition) is 4. The molecule has 0 radical (unpaired) electrons. The van der Waals surface area contributed by atoms with E-state index in [1.807, 2.05) is 18.2 Å². The number of carboxylic acid groups (broad SMARTS) is 1. The Morgan fingerprint density at radius 2 is 1.81 bits per heavy atom. The van der Waals surface area contributed by atoms with Gasteiger partial charge in [0.15, 0.2) is 6.61 Å². The number of rotatable bonds is 9. The van der Waals surface area contributed by atoms with E-state index in [1.165, 1.54) is 12.1 Å². The quantitative estimate of drug-likeness (QED) is 0.704. The predicted octanol–water partition coefficient (Wildman–Crippen LogP) is 2.98. The fraction of sp³-hybridized carbons (Fsp3) is 0.300. The van der Waals surface area contributed by atoms with Gasteiger partial charge in [0.05, 0.1) is 6.54 Å². The number of carbonyl (C=O) groups is 2. The van der Waals surface area contributed by atoms with E-state index in [-0.39, 0.29) is 18.9 Å². The van der Waals surface area contributed by atoms with Crippen molar-refractivity contribution < 1.29 is 28.6 Å². The molecular weight excluding hydrogens is 353 g/mol. The molecule has 6 nitrogen and oxygen atoms in total. The molecule has 1 amide bonds. The minimum Gasteiger partial charge on any atom is -0.484 e. The summed E-state index contributed by atoms with van der Waals surface area (Å²) in [6.07, 6.45) is -1.30. The van der Waals surface area contributed by atoms with Gasteiger partial charge in [0.25, 0.3) is 5.91 Å². The van der Waals surface area contributed by atoms with Crippen molar-refractivity contribution in [1.82, 2.24) is 5.32 Å². The van der Waals surface area contributed by atoms with E-state index in [9.17, 15) is 19.1 Å². The van der Waals surface area contributed by atoms with Crippen LogP contribution in [-0.4, -0.2) is 36.2 Å². The molecule has 0 aliphatic heterocycles. The van der Waals surface area contributed by atoms with Crippen LogP contribution in [0, 0.1) is 5.82 Å². The van der Waals surface area contributed by atoms with Gasteiger partial charge in [0.1, 0.15) is 17.3 Å². The van der Waals surface area contributed by atoms with Gasteiger partial charge in [-0.15, -0.1) is 0 Å². The summed E-state index contributed by atoms with van der Waals surface area (Å²) < 4.78 is 23.6. The highest BCUT2D eigenvalue weighted by Gasteiger charge is 2.20. The Morgan fingerprint density at radius 3 is 2.44 bits per heavy atom. The lowest BCUT2D eigenvalue weighted by Gasteiger charge is -2.16. The third-order valence-corrected chi connectivity index (χ3v) is 3.75. The molecule has 7 heteroatoms. The summed E-state index contributed by atoms with van der Waals surface area (Å²) >= 11 is 0. The van der Waals surface area contributed by atoms with Crippen LogP contribution >= 0.6 is 0 Å². The molecule has 2 N–H and O–H groups in total. The van der Waals surface area contributed by atoms with E-state index in [2.05, 4.69) is 19.2 Å². The second-order valence-corrected chi connectivity index (χ2v) is 6.22. The van der Waals surface area contributed by atoms with Gasteiger partial charge in [-0.2, -0.15) is 0 Å². The molecule has 27 heavy (non-hydrogen) atoms. The van der Waals surface area contributed by atoms with Crippen LogP contribution in [0.1, 0.15) is 25.3 Å². The molecule has 0 heterocycles. The van der Waals surface area contributed by atoms with Gasteiger partial charge in [-0.25, -0.2) is 9.18 Å². The number of benzene rings is 2. The maximum Gasteiger partial charge on any atom is 0.346 e. The smallest absolute Gasteiger partial charge is 0.346 e. The minimum atomic E-state index is -1.30. The number of nitrogens with one attached hydrogen (secondary N) is 1. The highest BCUT2D eigenvalue weighted by atomic mass is 19.1. The van der Waals surface area contributed by atoms with Gasteiger partial charge in [-0.05, 0) is 47.9 Å². The first-order chi connectivity index (χ1) is 12.8. The van der Waals surface area contributed by atoms with Gasteiger partial charge < -0.3 is 19.9 Å². The molecule has 0 aliphatic rings. The first-order valence-electron chi connectivity index (χ1n) is 8.49. The van der Waals surface area contributed by atoms with E-state index in [1.54, 1.807) is 6.07 Å². The van der Waals surface area contributed by atoms with Crippen molar-refractivity contribution in [3.63, 3.8) is 0 Å². The van der Waals surface area contributed by atoms with Crippen LogP contribution in [0.2, 0.25) is 0 Å². The van der Waals surface area contributed by atoms with Crippen molar-refractivity contribution in [2.45, 2.75) is 25.9 Å². The molecule has 1 atom stereocenters. The zero-order valence-electron chi connectivity index (χ0n) is 15.1. The monoisotopic (exact) mass is 375 g/mol. The standard InChI is InChI=1S/C20H22FNO5/c1-13(2)14-4-3-5-17(10-14)26-12-19(23)22-11-18(20(24)25)27-16-8-6-15(21)7-9-16/h3-10,13,18H,11-12H2,1-2H3,(H,22,23)(H,24,25). The molecule has 2 aromatic rings. The lowest BCUT2D eigenvalue weighted by molar-refractivity contribution is -0.145. The molecule has 0 bridgehead atoms. The largest absolute Gasteiger partial charge is 0.484 e. The van der Waals surface area contributed by atoms with Crippen molar-refractivity contribution >= 4 is 11.9 Å². The molecule has 2 aromatic carbocycles. The summed E-state index contributed by atoms with van der Waals surface area (Å²) in [5.41, 5.74) is 1.09. The highest BCUT2D eigenvalue weighted by Crippen LogP contribution is 2.20. The van der Waals surface area contributed by atoms with E-state index in [4.69, 9.17) is 9.47 Å². The number of amides is 1. The Kier molecular flexibility index (Phi) is 7.16. The maximum atomic E-state index is 12.9. The molecule has 0 aliphatic carbocycles. The van der Waals surface area contributed by atoms with Crippen LogP contribution < -0.4 is 14.8 Å². The van der Waals surface area contributed by atoms with Crippen molar-refractivity contribution in [2.24, 2.45) is 0 Å². The lowest BCUT2D eigenvalue weighted by Crippen LogP contribution is -2.41. The molecule has 2 rings (SSSR count). The van der Waals surface area contributed by atoms with E-state index < -0.39 is 23.8 Å². The van der Waals surface area contributed by atoms with E-state index in [0.717, 1.165) is 17.7 Å². The molecule has 0 saturated heterocycles. The predicted molar refractivity (Wildman–Crippen MR) is 97.5 cm³/mol. The fourth-order valence-corrected chi connectivity index (χ4v) is 2.23. The molecule has 144 valence electrons. The topological polar surface area (TPSA) is 84.9 Å². The summed E-state index contributed by atoms with van der Waals surface area (Å²) in [5.74, 6) is -1.08. The Morgan fingerprint density at radius 1 is 1.11 bits per heavy atom. The van der Waals surface area contributed by atoms with Crippen LogP contribution in [-0.2, 0) is 9.59 Å². The van der Waals surface area contributed by atoms with Crippen molar-refractivity contribution in [3.8, 4) is 11.5 Å².